The molecule has 13 heavy (non-hydrogen) atoms. The number of amides is 1. The number of cyclic esters (lactones) is 1. The van der Waals surface area contributed by atoms with Gasteiger partial charge in [-0.15, -0.1) is 0 Å². The Morgan fingerprint density at radius 2 is 2.23 bits per heavy atom. The molecule has 0 bridgehead atoms. The summed E-state index contributed by atoms with van der Waals surface area (Å²) in [6.07, 6.45) is 1.68. The van der Waals surface area contributed by atoms with Crippen molar-refractivity contribution in [3.8, 4) is 0 Å². The van der Waals surface area contributed by atoms with Gasteiger partial charge in [0.15, 0.2) is 0 Å². The van der Waals surface area contributed by atoms with Gasteiger partial charge in [0.2, 0.25) is 0 Å². The highest BCUT2D eigenvalue weighted by atomic mass is 16.6. The fourth-order valence-corrected chi connectivity index (χ4v) is 1.97. The third-order valence-electron chi connectivity index (χ3n) is 2.57. The first-order valence-corrected chi connectivity index (χ1v) is 4.93. The van der Waals surface area contributed by atoms with Crippen molar-refractivity contribution >= 4 is 6.09 Å². The molecule has 1 atom stereocenters. The molecule has 3 nitrogen and oxygen atoms in total. The standard InChI is InChI=1S/C10H19NO2/c1-5-10(6-8(2)3)7-11(4)9(12)13-10/h8H,5-7H2,1-4H3. The van der Waals surface area contributed by atoms with Crippen LogP contribution >= 0.6 is 0 Å². The van der Waals surface area contributed by atoms with Gasteiger partial charge in [-0.3, -0.25) is 0 Å². The summed E-state index contributed by atoms with van der Waals surface area (Å²) in [5.41, 5.74) is -0.222. The fourth-order valence-electron chi connectivity index (χ4n) is 1.97. The van der Waals surface area contributed by atoms with Gasteiger partial charge in [-0.2, -0.15) is 0 Å². The lowest BCUT2D eigenvalue weighted by Gasteiger charge is -2.26. The van der Waals surface area contributed by atoms with Gasteiger partial charge in [0.25, 0.3) is 0 Å². The summed E-state index contributed by atoms with van der Waals surface area (Å²) in [7, 11) is 1.79. The summed E-state index contributed by atoms with van der Waals surface area (Å²) in [6, 6.07) is 0. The zero-order valence-corrected chi connectivity index (χ0v) is 8.96. The van der Waals surface area contributed by atoms with Crippen molar-refractivity contribution in [2.75, 3.05) is 13.6 Å². The smallest absolute Gasteiger partial charge is 0.410 e. The first-order valence-electron chi connectivity index (χ1n) is 4.93. The Bertz CT molecular complexity index is 203. The fraction of sp³-hybridized carbons (Fsp3) is 0.900. The van der Waals surface area contributed by atoms with E-state index in [1.54, 1.807) is 11.9 Å². The van der Waals surface area contributed by atoms with Crippen LogP contribution in [0.1, 0.15) is 33.6 Å². The van der Waals surface area contributed by atoms with E-state index in [0.717, 1.165) is 19.4 Å². The van der Waals surface area contributed by atoms with Crippen molar-refractivity contribution in [3.05, 3.63) is 0 Å². The molecule has 0 aromatic carbocycles. The molecule has 1 fully saturated rings. The summed E-state index contributed by atoms with van der Waals surface area (Å²) < 4.78 is 5.41. The quantitative estimate of drug-likeness (QED) is 0.675. The molecule has 0 aromatic heterocycles. The Hall–Kier alpha value is -0.730. The van der Waals surface area contributed by atoms with Gasteiger partial charge in [0, 0.05) is 7.05 Å². The lowest BCUT2D eigenvalue weighted by Crippen LogP contribution is -2.34. The molecule has 0 N–H and O–H groups in total. The zero-order chi connectivity index (χ0) is 10.1. The molecule has 1 heterocycles. The van der Waals surface area contributed by atoms with Crippen LogP contribution in [0.25, 0.3) is 0 Å². The molecule has 76 valence electrons. The van der Waals surface area contributed by atoms with Gasteiger partial charge in [-0.05, 0) is 18.8 Å². The highest BCUT2D eigenvalue weighted by Crippen LogP contribution is 2.31. The second-order valence-corrected chi connectivity index (χ2v) is 4.36. The molecule has 3 heteroatoms. The molecule has 1 rings (SSSR count). The maximum Gasteiger partial charge on any atom is 0.410 e. The van der Waals surface area contributed by atoms with Gasteiger partial charge >= 0.3 is 6.09 Å². The first kappa shape index (κ1) is 10.4. The second-order valence-electron chi connectivity index (χ2n) is 4.36. The Morgan fingerprint density at radius 3 is 2.54 bits per heavy atom. The third kappa shape index (κ3) is 2.14. The Kier molecular flexibility index (Phi) is 2.84. The van der Waals surface area contributed by atoms with E-state index in [0.29, 0.717) is 5.92 Å². The van der Waals surface area contributed by atoms with E-state index in [1.807, 2.05) is 0 Å². The maximum atomic E-state index is 11.2. The van der Waals surface area contributed by atoms with Crippen LogP contribution < -0.4 is 0 Å². The van der Waals surface area contributed by atoms with Crippen molar-refractivity contribution in [1.82, 2.24) is 4.90 Å². The van der Waals surface area contributed by atoms with Gasteiger partial charge < -0.3 is 9.64 Å². The van der Waals surface area contributed by atoms with Crippen LogP contribution in [-0.2, 0) is 4.74 Å². The van der Waals surface area contributed by atoms with E-state index >= 15 is 0 Å². The summed E-state index contributed by atoms with van der Waals surface area (Å²) in [6.45, 7) is 7.13. The largest absolute Gasteiger partial charge is 0.441 e. The zero-order valence-electron chi connectivity index (χ0n) is 8.96. The SMILES string of the molecule is CCC1(CC(C)C)CN(C)C(=O)O1. The van der Waals surface area contributed by atoms with Gasteiger partial charge in [0.05, 0.1) is 6.54 Å². The highest BCUT2D eigenvalue weighted by Gasteiger charge is 2.42. The molecular formula is C10H19NO2. The predicted molar refractivity (Wildman–Crippen MR) is 51.6 cm³/mol. The summed E-state index contributed by atoms with van der Waals surface area (Å²) in [5, 5.41) is 0. The van der Waals surface area contributed by atoms with E-state index in [1.165, 1.54) is 0 Å². The van der Waals surface area contributed by atoms with Crippen molar-refractivity contribution in [2.24, 2.45) is 5.92 Å². The molecule has 1 saturated heterocycles. The number of hydrogen-bond acceptors (Lipinski definition) is 2. The minimum Gasteiger partial charge on any atom is -0.441 e. The van der Waals surface area contributed by atoms with Crippen LogP contribution in [0.5, 0.6) is 0 Å². The van der Waals surface area contributed by atoms with Crippen molar-refractivity contribution in [1.29, 1.82) is 0 Å². The molecule has 0 saturated carbocycles. The van der Waals surface area contributed by atoms with E-state index in [9.17, 15) is 4.79 Å². The number of hydrogen-bond donors (Lipinski definition) is 0. The van der Waals surface area contributed by atoms with E-state index in [2.05, 4.69) is 20.8 Å². The van der Waals surface area contributed by atoms with Gasteiger partial charge in [-0.1, -0.05) is 20.8 Å². The normalized spacial score (nSPS) is 28.4. The number of carbonyl (C=O) groups excluding carboxylic acids is 1. The summed E-state index contributed by atoms with van der Waals surface area (Å²) >= 11 is 0. The molecule has 1 unspecified atom stereocenters. The Morgan fingerprint density at radius 1 is 1.62 bits per heavy atom. The summed E-state index contributed by atoms with van der Waals surface area (Å²) in [4.78, 5) is 12.9. The molecule has 0 aromatic rings. The molecule has 1 aliphatic heterocycles. The number of rotatable bonds is 3. The van der Waals surface area contributed by atoms with Gasteiger partial charge in [-0.25, -0.2) is 4.79 Å². The van der Waals surface area contributed by atoms with E-state index < -0.39 is 0 Å². The molecule has 0 radical (unpaired) electrons. The first-order chi connectivity index (χ1) is 5.99. The van der Waals surface area contributed by atoms with E-state index in [-0.39, 0.29) is 11.7 Å². The maximum absolute atomic E-state index is 11.2. The average Bonchev–Trinajstić information content (AvgIpc) is 2.27. The van der Waals surface area contributed by atoms with Crippen LogP contribution in [0, 0.1) is 5.92 Å². The minimum atomic E-state index is -0.222. The van der Waals surface area contributed by atoms with Crippen molar-refractivity contribution in [3.63, 3.8) is 0 Å². The number of nitrogens with zero attached hydrogens (tertiary/aromatic N) is 1. The monoisotopic (exact) mass is 185 g/mol. The molecule has 1 amide bonds. The van der Waals surface area contributed by atoms with Gasteiger partial charge in [0.1, 0.15) is 5.60 Å². The average molecular weight is 185 g/mol. The minimum absolute atomic E-state index is 0.178. The number of carbonyl (C=O) groups is 1. The van der Waals surface area contributed by atoms with E-state index in [4.69, 9.17) is 4.74 Å². The lowest BCUT2D eigenvalue weighted by molar-refractivity contribution is 0.0363. The second kappa shape index (κ2) is 3.56. The molecule has 0 aliphatic carbocycles. The Balaban J connectivity index is 2.67. The van der Waals surface area contributed by atoms with Crippen LogP contribution in [0.4, 0.5) is 4.79 Å². The molecule has 1 aliphatic rings. The van der Waals surface area contributed by atoms with Crippen LogP contribution in [0.15, 0.2) is 0 Å². The van der Waals surface area contributed by atoms with Crippen LogP contribution in [-0.4, -0.2) is 30.2 Å². The topological polar surface area (TPSA) is 29.5 Å². The molecular weight excluding hydrogens is 166 g/mol. The predicted octanol–water partition coefficient (Wildman–Crippen LogP) is 2.26. The third-order valence-corrected chi connectivity index (χ3v) is 2.57. The number of likely N-dealkylation sites (N-methyl/N-ethyl adjacent to an activating group) is 1. The number of ether oxygens (including phenoxy) is 1. The lowest BCUT2D eigenvalue weighted by atomic mass is 9.90. The Labute approximate surface area is 80.1 Å². The van der Waals surface area contributed by atoms with Crippen molar-refractivity contribution < 1.29 is 9.53 Å². The van der Waals surface area contributed by atoms with Crippen LogP contribution in [0.2, 0.25) is 0 Å². The van der Waals surface area contributed by atoms with Crippen molar-refractivity contribution in [2.45, 2.75) is 39.2 Å². The van der Waals surface area contributed by atoms with Crippen LogP contribution in [0.3, 0.4) is 0 Å². The highest BCUT2D eigenvalue weighted by molar-refractivity contribution is 5.70. The molecule has 0 spiro atoms. The summed E-state index contributed by atoms with van der Waals surface area (Å²) in [5.74, 6) is 0.569.